The van der Waals surface area contributed by atoms with Gasteiger partial charge in [0.1, 0.15) is 0 Å². The Morgan fingerprint density at radius 1 is 1.35 bits per heavy atom. The van der Waals surface area contributed by atoms with Gasteiger partial charge in [0.2, 0.25) is 0 Å². The summed E-state index contributed by atoms with van der Waals surface area (Å²) in [6, 6.07) is 1.79. The summed E-state index contributed by atoms with van der Waals surface area (Å²) in [7, 11) is -1.18. The highest BCUT2D eigenvalue weighted by Gasteiger charge is 2.41. The summed E-state index contributed by atoms with van der Waals surface area (Å²) >= 11 is 0. The van der Waals surface area contributed by atoms with E-state index in [1.807, 2.05) is 6.92 Å². The maximum Gasteiger partial charge on any atom is 0.416 e. The molecule has 0 N–H and O–H groups in total. The second-order valence-corrected chi connectivity index (χ2v) is 7.68. The van der Waals surface area contributed by atoms with E-state index in [9.17, 15) is 17.4 Å². The second kappa shape index (κ2) is 6.23. The summed E-state index contributed by atoms with van der Waals surface area (Å²) < 4.78 is 51.3. The highest BCUT2D eigenvalue weighted by atomic mass is 32.2. The molecule has 0 aromatic carbocycles. The molecule has 0 radical (unpaired) electrons. The van der Waals surface area contributed by atoms with Crippen LogP contribution in [0.2, 0.25) is 0 Å². The van der Waals surface area contributed by atoms with E-state index in [0.717, 1.165) is 24.5 Å². The number of hydrogen-bond donors (Lipinski definition) is 0. The average molecular weight is 341 g/mol. The molecule has 3 rings (SSSR count). The summed E-state index contributed by atoms with van der Waals surface area (Å²) in [5.41, 5.74) is 0.267. The van der Waals surface area contributed by atoms with Gasteiger partial charge in [-0.25, -0.2) is 0 Å². The molecule has 0 saturated heterocycles. The van der Waals surface area contributed by atoms with E-state index >= 15 is 0 Å². The third kappa shape index (κ3) is 3.42. The number of halogens is 3. The third-order valence-electron chi connectivity index (χ3n) is 4.45. The highest BCUT2D eigenvalue weighted by molar-refractivity contribution is 7.85. The van der Waals surface area contributed by atoms with Crippen molar-refractivity contribution in [3.8, 4) is 0 Å². The van der Waals surface area contributed by atoms with Crippen molar-refractivity contribution in [2.75, 3.05) is 5.75 Å². The van der Waals surface area contributed by atoms with Crippen molar-refractivity contribution in [2.24, 2.45) is 11.8 Å². The molecular weight excluding hydrogens is 323 g/mol. The first kappa shape index (κ1) is 16.4. The minimum absolute atomic E-state index is 0.165. The summed E-state index contributed by atoms with van der Waals surface area (Å²) in [6.45, 7) is 1.82. The van der Waals surface area contributed by atoms with Crippen LogP contribution < -0.4 is 0 Å². The molecule has 1 fully saturated rings. The average Bonchev–Trinajstić information content (AvgIpc) is 3.37. The summed E-state index contributed by atoms with van der Waals surface area (Å²) in [5, 5.41) is 0. The Kier molecular flexibility index (Phi) is 4.45. The molecule has 0 bridgehead atoms. The van der Waals surface area contributed by atoms with Gasteiger partial charge in [-0.15, -0.1) is 0 Å². The van der Waals surface area contributed by atoms with Gasteiger partial charge in [0.25, 0.3) is 0 Å². The van der Waals surface area contributed by atoms with Gasteiger partial charge in [0.05, 0.1) is 21.3 Å². The maximum atomic E-state index is 13.0. The van der Waals surface area contributed by atoms with Gasteiger partial charge >= 0.3 is 6.18 Å². The predicted octanol–water partition coefficient (Wildman–Crippen LogP) is 4.38. The quantitative estimate of drug-likeness (QED) is 0.814. The zero-order chi connectivity index (χ0) is 16.6. The number of nitrogens with zero attached hydrogens (tertiary/aromatic N) is 1. The van der Waals surface area contributed by atoms with Gasteiger partial charge in [0, 0.05) is 24.1 Å². The van der Waals surface area contributed by atoms with E-state index in [1.54, 1.807) is 24.5 Å². The van der Waals surface area contributed by atoms with Crippen LogP contribution in [-0.2, 0) is 10.8 Å². The topological polar surface area (TPSA) is 30.0 Å². The van der Waals surface area contributed by atoms with Gasteiger partial charge in [-0.3, -0.25) is 9.19 Å². The minimum atomic E-state index is -4.32. The van der Waals surface area contributed by atoms with E-state index in [1.165, 1.54) is 6.08 Å². The molecule has 124 valence electrons. The van der Waals surface area contributed by atoms with E-state index < -0.39 is 22.5 Å². The molecule has 3 atom stereocenters. The van der Waals surface area contributed by atoms with E-state index in [0.29, 0.717) is 10.6 Å². The molecule has 0 aliphatic heterocycles. The Bertz CT molecular complexity index is 677. The summed E-state index contributed by atoms with van der Waals surface area (Å²) in [4.78, 5) is 4.67. The smallest absolute Gasteiger partial charge is 0.263 e. The number of rotatable bonds is 4. The Hall–Kier alpha value is -1.43. The van der Waals surface area contributed by atoms with Crippen molar-refractivity contribution >= 4 is 10.8 Å². The van der Waals surface area contributed by atoms with Crippen LogP contribution >= 0.6 is 0 Å². The Balaban J connectivity index is 1.99. The minimum Gasteiger partial charge on any atom is -0.263 e. The number of allylic oxidation sites excluding steroid dienone is 4. The Labute approximate surface area is 136 Å². The fraction of sp³-hybridized carbons (Fsp3) is 0.471. The zero-order valence-electron chi connectivity index (χ0n) is 12.7. The number of hydrogen-bond acceptors (Lipinski definition) is 2. The van der Waals surface area contributed by atoms with Crippen molar-refractivity contribution in [1.82, 2.24) is 4.98 Å². The zero-order valence-corrected chi connectivity index (χ0v) is 13.5. The molecule has 3 unspecified atom stereocenters. The highest BCUT2D eigenvalue weighted by Crippen LogP contribution is 2.49. The van der Waals surface area contributed by atoms with E-state index in [-0.39, 0.29) is 17.8 Å². The fourth-order valence-corrected chi connectivity index (χ4v) is 4.08. The lowest BCUT2D eigenvalue weighted by Crippen LogP contribution is -2.21. The third-order valence-corrected chi connectivity index (χ3v) is 5.80. The van der Waals surface area contributed by atoms with Crippen LogP contribution in [0, 0.1) is 11.8 Å². The van der Waals surface area contributed by atoms with Crippen molar-refractivity contribution in [2.45, 2.75) is 36.8 Å². The molecule has 23 heavy (non-hydrogen) atoms. The van der Waals surface area contributed by atoms with Crippen LogP contribution in [0.25, 0.3) is 0 Å². The standard InChI is InChI=1S/C17H18F3NOS/c1-2-23(22)16-10-21-8-7-14(16)13-6-5-12(17(18,19)20)9-15(13)11-3-4-11/h5-11,13,15H,2-4H2,1H3. The van der Waals surface area contributed by atoms with Crippen LogP contribution in [0.1, 0.15) is 31.2 Å². The summed E-state index contributed by atoms with van der Waals surface area (Å²) in [6.07, 6.45) is 4.92. The monoisotopic (exact) mass is 341 g/mol. The first-order valence-corrected chi connectivity index (χ1v) is 9.03. The molecule has 1 aromatic rings. The molecule has 0 spiro atoms. The Morgan fingerprint density at radius 2 is 2.09 bits per heavy atom. The summed E-state index contributed by atoms with van der Waals surface area (Å²) in [5.74, 6) is 0.388. The van der Waals surface area contributed by atoms with Crippen LogP contribution in [0.15, 0.2) is 47.2 Å². The van der Waals surface area contributed by atoms with Crippen LogP contribution in [-0.4, -0.2) is 21.1 Å². The second-order valence-electron chi connectivity index (χ2n) is 5.97. The predicted molar refractivity (Wildman–Crippen MR) is 83.4 cm³/mol. The lowest BCUT2D eigenvalue weighted by Gasteiger charge is -2.28. The lowest BCUT2D eigenvalue weighted by atomic mass is 9.78. The number of pyridine rings is 1. The lowest BCUT2D eigenvalue weighted by molar-refractivity contribution is -0.0890. The molecule has 2 aliphatic rings. The van der Waals surface area contributed by atoms with Crippen molar-refractivity contribution < 1.29 is 17.4 Å². The SMILES string of the molecule is CCS(=O)c1cnccc1C1C=CC(C(F)(F)F)=CC1C1CC1. The number of alkyl halides is 3. The molecule has 1 aromatic heterocycles. The van der Waals surface area contributed by atoms with Crippen LogP contribution in [0.4, 0.5) is 13.2 Å². The molecular formula is C17H18F3NOS. The molecule has 0 amide bonds. The van der Waals surface area contributed by atoms with Gasteiger partial charge in [-0.2, -0.15) is 13.2 Å². The van der Waals surface area contributed by atoms with Gasteiger partial charge in [0.15, 0.2) is 0 Å². The van der Waals surface area contributed by atoms with Crippen LogP contribution in [0.3, 0.4) is 0 Å². The van der Waals surface area contributed by atoms with Crippen molar-refractivity contribution in [3.05, 3.63) is 47.8 Å². The molecule has 1 saturated carbocycles. The number of aromatic nitrogens is 1. The van der Waals surface area contributed by atoms with Gasteiger partial charge in [-0.05, 0) is 36.3 Å². The largest absolute Gasteiger partial charge is 0.416 e. The van der Waals surface area contributed by atoms with Crippen LogP contribution in [0.5, 0.6) is 0 Å². The molecule has 6 heteroatoms. The van der Waals surface area contributed by atoms with Crippen molar-refractivity contribution in [3.63, 3.8) is 0 Å². The molecule has 1 heterocycles. The first-order valence-electron chi connectivity index (χ1n) is 7.71. The molecule has 2 nitrogen and oxygen atoms in total. The van der Waals surface area contributed by atoms with Gasteiger partial charge < -0.3 is 0 Å². The van der Waals surface area contributed by atoms with Crippen molar-refractivity contribution in [1.29, 1.82) is 0 Å². The maximum absolute atomic E-state index is 13.0. The first-order chi connectivity index (χ1) is 10.9. The van der Waals surface area contributed by atoms with E-state index in [2.05, 4.69) is 4.98 Å². The molecule has 2 aliphatic carbocycles. The Morgan fingerprint density at radius 3 is 2.70 bits per heavy atom. The van der Waals surface area contributed by atoms with Gasteiger partial charge in [-0.1, -0.05) is 25.2 Å². The van der Waals surface area contributed by atoms with E-state index in [4.69, 9.17) is 0 Å². The fourth-order valence-electron chi connectivity index (χ4n) is 3.12. The normalized spacial score (nSPS) is 26.0.